The minimum atomic E-state index is -0.350. The maximum absolute atomic E-state index is 12.3. The van der Waals surface area contributed by atoms with E-state index in [-0.39, 0.29) is 23.2 Å². The predicted molar refractivity (Wildman–Crippen MR) is 94.4 cm³/mol. The summed E-state index contributed by atoms with van der Waals surface area (Å²) in [6, 6.07) is 0. The lowest BCUT2D eigenvalue weighted by molar-refractivity contribution is -0.130. The van der Waals surface area contributed by atoms with Crippen molar-refractivity contribution in [1.29, 1.82) is 0 Å². The molecule has 1 N–H and O–H groups in total. The van der Waals surface area contributed by atoms with E-state index in [1.54, 1.807) is 0 Å². The van der Waals surface area contributed by atoms with Gasteiger partial charge in [-0.2, -0.15) is 4.98 Å². The number of likely N-dealkylation sites (tertiary alicyclic amines) is 1. The monoisotopic (exact) mass is 364 g/mol. The molecule has 2 aliphatic heterocycles. The molecule has 0 bridgehead atoms. The number of nitrogens with one attached hydrogen (secondary N) is 1. The number of nitrogens with zero attached hydrogens (tertiary/aromatic N) is 5. The smallest absolute Gasteiger partial charge is 0.292 e. The van der Waals surface area contributed by atoms with Gasteiger partial charge in [-0.15, -0.1) is 0 Å². The van der Waals surface area contributed by atoms with Crippen LogP contribution in [0.2, 0.25) is 0 Å². The third-order valence-electron chi connectivity index (χ3n) is 5.72. The molecular formula is C17H28N6O3. The van der Waals surface area contributed by atoms with Crippen LogP contribution in [0.5, 0.6) is 0 Å². The van der Waals surface area contributed by atoms with Crippen LogP contribution >= 0.6 is 0 Å². The zero-order chi connectivity index (χ0) is 18.7. The predicted octanol–water partition coefficient (Wildman–Crippen LogP) is -0.0522. The fourth-order valence-electron chi connectivity index (χ4n) is 3.96. The first-order valence-electron chi connectivity index (χ1n) is 9.23. The average molecular weight is 364 g/mol. The van der Waals surface area contributed by atoms with Crippen molar-refractivity contribution >= 4 is 11.8 Å². The maximum atomic E-state index is 12.3. The molecule has 3 rings (SSSR count). The summed E-state index contributed by atoms with van der Waals surface area (Å²) in [6.07, 6.45) is 2.42. The number of amides is 2. The highest BCUT2D eigenvalue weighted by Gasteiger charge is 2.42. The molecule has 0 aliphatic carbocycles. The normalized spacial score (nSPS) is 25.5. The molecule has 0 radical (unpaired) electrons. The van der Waals surface area contributed by atoms with E-state index >= 15 is 0 Å². The Morgan fingerprint density at radius 3 is 2.85 bits per heavy atom. The molecule has 1 aromatic rings. The number of carbonyl (C=O) groups excluding carboxylic acids is 2. The van der Waals surface area contributed by atoms with Gasteiger partial charge < -0.3 is 14.7 Å². The summed E-state index contributed by atoms with van der Waals surface area (Å²) in [5.41, 5.74) is -0.0124. The highest BCUT2D eigenvalue weighted by Crippen LogP contribution is 2.32. The Morgan fingerprint density at radius 2 is 2.12 bits per heavy atom. The van der Waals surface area contributed by atoms with Crippen LogP contribution in [0.25, 0.3) is 0 Å². The Balaban J connectivity index is 1.69. The summed E-state index contributed by atoms with van der Waals surface area (Å²) in [5, 5.41) is 6.22. The first kappa shape index (κ1) is 18.8. The average Bonchev–Trinajstić information content (AvgIpc) is 3.04. The molecule has 9 nitrogen and oxygen atoms in total. The minimum absolute atomic E-state index is 0.0124. The van der Waals surface area contributed by atoms with Crippen molar-refractivity contribution < 1.29 is 14.1 Å². The van der Waals surface area contributed by atoms with Crippen LogP contribution in [-0.2, 0) is 11.3 Å². The van der Waals surface area contributed by atoms with Crippen molar-refractivity contribution in [2.75, 3.05) is 46.8 Å². The molecule has 2 amide bonds. The van der Waals surface area contributed by atoms with E-state index in [2.05, 4.69) is 32.3 Å². The van der Waals surface area contributed by atoms with Crippen molar-refractivity contribution in [3.63, 3.8) is 0 Å². The molecule has 3 heterocycles. The molecule has 2 fully saturated rings. The van der Waals surface area contributed by atoms with E-state index in [0.29, 0.717) is 18.9 Å². The molecule has 144 valence electrons. The second-order valence-corrected chi connectivity index (χ2v) is 7.17. The standard InChI is InChI=1S/C17H28N6O3/c1-4-23-8-7-17(6-5-14(23)24)12-22(10-9-21(17)3)11-13-19-15(20-26-13)16(25)18-2/h4-12H2,1-3H3,(H,18,25)/t17-/m0/s1. The molecule has 26 heavy (non-hydrogen) atoms. The molecule has 0 unspecified atom stereocenters. The summed E-state index contributed by atoms with van der Waals surface area (Å²) in [4.78, 5) is 34.7. The fourth-order valence-corrected chi connectivity index (χ4v) is 3.96. The quantitative estimate of drug-likeness (QED) is 0.800. The fraction of sp³-hybridized carbons (Fsp3) is 0.765. The van der Waals surface area contributed by atoms with E-state index in [1.165, 1.54) is 7.05 Å². The molecule has 1 aromatic heterocycles. The number of likely N-dealkylation sites (N-methyl/N-ethyl adjacent to an activating group) is 1. The van der Waals surface area contributed by atoms with Gasteiger partial charge in [-0.25, -0.2) is 0 Å². The molecule has 9 heteroatoms. The molecule has 2 aliphatic rings. The van der Waals surface area contributed by atoms with E-state index in [4.69, 9.17) is 4.52 Å². The molecular weight excluding hydrogens is 336 g/mol. The van der Waals surface area contributed by atoms with Crippen LogP contribution < -0.4 is 5.32 Å². The number of hydrogen-bond acceptors (Lipinski definition) is 7. The van der Waals surface area contributed by atoms with E-state index in [9.17, 15) is 9.59 Å². The molecule has 1 spiro atoms. The number of piperazine rings is 1. The van der Waals surface area contributed by atoms with Gasteiger partial charge in [-0.1, -0.05) is 5.16 Å². The van der Waals surface area contributed by atoms with Gasteiger partial charge in [0.15, 0.2) is 0 Å². The Hall–Kier alpha value is -2.00. The minimum Gasteiger partial charge on any atom is -0.352 e. The Morgan fingerprint density at radius 1 is 1.31 bits per heavy atom. The van der Waals surface area contributed by atoms with Gasteiger partial charge >= 0.3 is 0 Å². The highest BCUT2D eigenvalue weighted by molar-refractivity contribution is 5.89. The number of rotatable bonds is 4. The second-order valence-electron chi connectivity index (χ2n) is 7.17. The van der Waals surface area contributed by atoms with Gasteiger partial charge in [0.1, 0.15) is 0 Å². The third kappa shape index (κ3) is 3.73. The first-order chi connectivity index (χ1) is 12.5. The number of carbonyl (C=O) groups is 2. The van der Waals surface area contributed by atoms with Crippen LogP contribution in [0.1, 0.15) is 42.7 Å². The summed E-state index contributed by atoms with van der Waals surface area (Å²) in [6.45, 7) is 6.79. The zero-order valence-electron chi connectivity index (χ0n) is 15.8. The SMILES string of the molecule is CCN1CC[C@@]2(CCC1=O)CN(Cc1nc(C(=O)NC)no1)CCN2C. The molecule has 0 aromatic carbocycles. The van der Waals surface area contributed by atoms with E-state index < -0.39 is 0 Å². The Bertz CT molecular complexity index is 663. The van der Waals surface area contributed by atoms with Crippen molar-refractivity contribution in [2.45, 2.75) is 38.3 Å². The summed E-state index contributed by atoms with van der Waals surface area (Å²) in [5.74, 6) is 0.409. The lowest BCUT2D eigenvalue weighted by Crippen LogP contribution is -2.60. The van der Waals surface area contributed by atoms with Gasteiger partial charge in [-0.05, 0) is 26.8 Å². The van der Waals surface area contributed by atoms with Crippen molar-refractivity contribution in [1.82, 2.24) is 30.2 Å². The highest BCUT2D eigenvalue weighted by atomic mass is 16.5. The first-order valence-corrected chi connectivity index (χ1v) is 9.23. The lowest BCUT2D eigenvalue weighted by atomic mass is 9.86. The van der Waals surface area contributed by atoms with Gasteiger partial charge in [0.25, 0.3) is 11.7 Å². The van der Waals surface area contributed by atoms with Crippen LogP contribution in [0.3, 0.4) is 0 Å². The Kier molecular flexibility index (Phi) is 5.57. The van der Waals surface area contributed by atoms with Crippen LogP contribution in [0.4, 0.5) is 0 Å². The zero-order valence-corrected chi connectivity index (χ0v) is 15.8. The van der Waals surface area contributed by atoms with Gasteiger partial charge in [-0.3, -0.25) is 19.4 Å². The van der Waals surface area contributed by atoms with Crippen molar-refractivity contribution in [3.8, 4) is 0 Å². The lowest BCUT2D eigenvalue weighted by Gasteiger charge is -2.49. The summed E-state index contributed by atoms with van der Waals surface area (Å²) < 4.78 is 5.23. The summed E-state index contributed by atoms with van der Waals surface area (Å²) in [7, 11) is 3.69. The van der Waals surface area contributed by atoms with Gasteiger partial charge in [0, 0.05) is 51.7 Å². The molecule has 0 saturated carbocycles. The second kappa shape index (κ2) is 7.71. The van der Waals surface area contributed by atoms with Crippen molar-refractivity contribution in [2.24, 2.45) is 0 Å². The summed E-state index contributed by atoms with van der Waals surface area (Å²) >= 11 is 0. The number of aromatic nitrogens is 2. The topological polar surface area (TPSA) is 94.8 Å². The number of hydrogen-bond donors (Lipinski definition) is 1. The van der Waals surface area contributed by atoms with Crippen LogP contribution in [0, 0.1) is 0 Å². The van der Waals surface area contributed by atoms with E-state index in [0.717, 1.165) is 45.6 Å². The molecule has 2 saturated heterocycles. The van der Waals surface area contributed by atoms with Gasteiger partial charge in [0.05, 0.1) is 6.54 Å². The molecule has 1 atom stereocenters. The van der Waals surface area contributed by atoms with E-state index in [1.807, 2.05) is 11.8 Å². The maximum Gasteiger partial charge on any atom is 0.292 e. The van der Waals surface area contributed by atoms with Gasteiger partial charge in [0.2, 0.25) is 11.8 Å². The van der Waals surface area contributed by atoms with Crippen molar-refractivity contribution in [3.05, 3.63) is 11.7 Å². The van der Waals surface area contributed by atoms with Crippen LogP contribution in [0.15, 0.2) is 4.52 Å². The third-order valence-corrected chi connectivity index (χ3v) is 5.72. The van der Waals surface area contributed by atoms with Crippen LogP contribution in [-0.4, -0.2) is 89.0 Å². The largest absolute Gasteiger partial charge is 0.352 e. The Labute approximate surface area is 153 Å².